The van der Waals surface area contributed by atoms with Crippen molar-refractivity contribution < 1.29 is 9.90 Å². The third-order valence-corrected chi connectivity index (χ3v) is 5.33. The van der Waals surface area contributed by atoms with Crippen molar-refractivity contribution in [1.29, 1.82) is 0 Å². The smallest absolute Gasteiger partial charge is 0.337 e. The number of anilines is 1. The van der Waals surface area contributed by atoms with Crippen LogP contribution in [0.2, 0.25) is 0 Å². The van der Waals surface area contributed by atoms with Crippen LogP contribution in [0.3, 0.4) is 0 Å². The molecule has 128 valence electrons. The molecular weight excluding hydrogens is 336 g/mol. The van der Waals surface area contributed by atoms with Crippen molar-refractivity contribution in [2.45, 2.75) is 18.9 Å². The zero-order valence-electron chi connectivity index (χ0n) is 13.5. The van der Waals surface area contributed by atoms with E-state index in [0.29, 0.717) is 11.3 Å². The quantitative estimate of drug-likeness (QED) is 0.667. The Morgan fingerprint density at radius 3 is 3.00 bits per heavy atom. The molecule has 0 saturated carbocycles. The Labute approximate surface area is 148 Å². The van der Waals surface area contributed by atoms with Crippen LogP contribution < -0.4 is 10.6 Å². The molecule has 3 N–H and O–H groups in total. The van der Waals surface area contributed by atoms with E-state index in [1.807, 2.05) is 23.6 Å². The van der Waals surface area contributed by atoms with Crippen LogP contribution in [0.25, 0.3) is 21.3 Å². The lowest BCUT2D eigenvalue weighted by Gasteiger charge is -2.24. The van der Waals surface area contributed by atoms with Crippen LogP contribution in [0.5, 0.6) is 0 Å². The number of hydrogen-bond donors (Lipinski definition) is 3. The van der Waals surface area contributed by atoms with Gasteiger partial charge in [0.25, 0.3) is 0 Å². The molecule has 25 heavy (non-hydrogen) atoms. The normalized spacial score (nSPS) is 17.5. The van der Waals surface area contributed by atoms with Crippen LogP contribution in [0.1, 0.15) is 23.2 Å². The molecule has 1 saturated heterocycles. The Hall–Kier alpha value is -2.51. The van der Waals surface area contributed by atoms with E-state index in [4.69, 9.17) is 0 Å². The Kier molecular flexibility index (Phi) is 4.33. The van der Waals surface area contributed by atoms with Gasteiger partial charge in [-0.3, -0.25) is 0 Å². The predicted molar refractivity (Wildman–Crippen MR) is 99.3 cm³/mol. The van der Waals surface area contributed by atoms with Gasteiger partial charge in [0.15, 0.2) is 0 Å². The first-order valence-corrected chi connectivity index (χ1v) is 9.13. The highest BCUT2D eigenvalue weighted by atomic mass is 32.1. The molecule has 3 heterocycles. The van der Waals surface area contributed by atoms with Gasteiger partial charge in [0.2, 0.25) is 0 Å². The molecule has 0 radical (unpaired) electrons. The number of hydrogen-bond acceptors (Lipinski definition) is 6. The number of rotatable bonds is 4. The second kappa shape index (κ2) is 6.78. The maximum atomic E-state index is 11.8. The van der Waals surface area contributed by atoms with Gasteiger partial charge in [-0.25, -0.2) is 14.8 Å². The lowest BCUT2D eigenvalue weighted by atomic mass is 10.0. The largest absolute Gasteiger partial charge is 0.478 e. The molecule has 1 aromatic carbocycles. The standard InChI is InChI=1S/C18H18N4O2S/c23-18(24)14-8-11(15-4-2-6-25-15)7-13-16(14)20-10-21-17(13)22-12-3-1-5-19-9-12/h2,4,6-8,10,12,19H,1,3,5,9H2,(H,23,24)(H,20,21,22)/t12-/m0/s1. The fourth-order valence-corrected chi connectivity index (χ4v) is 3.91. The van der Waals surface area contributed by atoms with Crippen molar-refractivity contribution in [1.82, 2.24) is 15.3 Å². The van der Waals surface area contributed by atoms with E-state index in [1.54, 1.807) is 17.4 Å². The Bertz CT molecular complexity index is 905. The fourth-order valence-electron chi connectivity index (χ4n) is 3.20. The highest BCUT2D eigenvalue weighted by Crippen LogP contribution is 2.32. The second-order valence-electron chi connectivity index (χ2n) is 6.11. The Balaban J connectivity index is 1.84. The maximum absolute atomic E-state index is 11.8. The summed E-state index contributed by atoms with van der Waals surface area (Å²) in [5.74, 6) is -0.285. The molecule has 0 spiro atoms. The van der Waals surface area contributed by atoms with Gasteiger partial charge in [-0.1, -0.05) is 6.07 Å². The molecule has 2 aromatic heterocycles. The Morgan fingerprint density at radius 2 is 2.28 bits per heavy atom. The number of thiophene rings is 1. The van der Waals surface area contributed by atoms with Crippen molar-refractivity contribution >= 4 is 34.0 Å². The molecule has 1 atom stereocenters. The third-order valence-electron chi connectivity index (χ3n) is 4.41. The van der Waals surface area contributed by atoms with Crippen molar-refractivity contribution in [2.75, 3.05) is 18.4 Å². The summed E-state index contributed by atoms with van der Waals surface area (Å²) < 4.78 is 0. The first-order chi connectivity index (χ1) is 12.2. The van der Waals surface area contributed by atoms with E-state index in [1.165, 1.54) is 6.33 Å². The van der Waals surface area contributed by atoms with E-state index in [9.17, 15) is 9.90 Å². The zero-order valence-corrected chi connectivity index (χ0v) is 14.3. The second-order valence-corrected chi connectivity index (χ2v) is 7.06. The van der Waals surface area contributed by atoms with E-state index >= 15 is 0 Å². The summed E-state index contributed by atoms with van der Waals surface area (Å²) in [6.07, 6.45) is 3.61. The van der Waals surface area contributed by atoms with Gasteiger partial charge in [0.05, 0.1) is 11.1 Å². The Morgan fingerprint density at radius 1 is 1.36 bits per heavy atom. The van der Waals surface area contributed by atoms with Crippen molar-refractivity contribution in [3.8, 4) is 10.4 Å². The van der Waals surface area contributed by atoms with Crippen molar-refractivity contribution in [2.24, 2.45) is 0 Å². The number of carboxylic acids is 1. The summed E-state index contributed by atoms with van der Waals surface area (Å²) in [7, 11) is 0. The van der Waals surface area contributed by atoms with Crippen LogP contribution in [-0.4, -0.2) is 40.2 Å². The minimum atomic E-state index is -0.979. The topological polar surface area (TPSA) is 87.1 Å². The number of fused-ring (bicyclic) bond motifs is 1. The number of aromatic carboxylic acids is 1. The average Bonchev–Trinajstić information content (AvgIpc) is 3.17. The molecule has 3 aromatic rings. The molecule has 0 aliphatic carbocycles. The summed E-state index contributed by atoms with van der Waals surface area (Å²) in [4.78, 5) is 21.4. The van der Waals surface area contributed by atoms with Gasteiger partial charge in [0.1, 0.15) is 12.1 Å². The molecule has 1 aliphatic rings. The number of nitrogens with zero attached hydrogens (tertiary/aromatic N) is 2. The van der Waals surface area contributed by atoms with E-state index in [0.717, 1.165) is 41.8 Å². The summed E-state index contributed by atoms with van der Waals surface area (Å²) in [5, 5.41) is 19.2. The number of carboxylic acid groups (broad SMARTS) is 1. The van der Waals surface area contributed by atoms with Gasteiger partial charge >= 0.3 is 5.97 Å². The first kappa shape index (κ1) is 16.0. The molecule has 4 rings (SSSR count). The lowest BCUT2D eigenvalue weighted by Crippen LogP contribution is -2.38. The molecule has 0 unspecified atom stereocenters. The monoisotopic (exact) mass is 354 g/mol. The van der Waals surface area contributed by atoms with E-state index < -0.39 is 5.97 Å². The third kappa shape index (κ3) is 3.20. The summed E-state index contributed by atoms with van der Waals surface area (Å²) in [5.41, 5.74) is 1.54. The number of nitrogens with one attached hydrogen (secondary N) is 2. The molecule has 0 bridgehead atoms. The number of aromatic nitrogens is 2. The number of benzene rings is 1. The minimum absolute atomic E-state index is 0.202. The molecule has 0 amide bonds. The van der Waals surface area contributed by atoms with Crippen LogP contribution in [0, 0.1) is 0 Å². The summed E-state index contributed by atoms with van der Waals surface area (Å²) >= 11 is 1.58. The highest BCUT2D eigenvalue weighted by Gasteiger charge is 2.19. The maximum Gasteiger partial charge on any atom is 0.337 e. The minimum Gasteiger partial charge on any atom is -0.478 e. The molecule has 6 nitrogen and oxygen atoms in total. The van der Waals surface area contributed by atoms with Crippen molar-refractivity contribution in [3.05, 3.63) is 41.5 Å². The van der Waals surface area contributed by atoms with Gasteiger partial charge in [-0.05, 0) is 48.5 Å². The first-order valence-electron chi connectivity index (χ1n) is 8.25. The SMILES string of the molecule is O=C(O)c1cc(-c2cccs2)cc2c(N[C@H]3CCCNC3)ncnc12. The van der Waals surface area contributed by atoms with E-state index in [-0.39, 0.29) is 11.6 Å². The summed E-state index contributed by atoms with van der Waals surface area (Å²) in [6, 6.07) is 7.89. The fraction of sp³-hybridized carbons (Fsp3) is 0.278. The van der Waals surface area contributed by atoms with Gasteiger partial charge < -0.3 is 15.7 Å². The van der Waals surface area contributed by atoms with Crippen LogP contribution in [0.15, 0.2) is 36.0 Å². The van der Waals surface area contributed by atoms with Crippen LogP contribution in [-0.2, 0) is 0 Å². The average molecular weight is 354 g/mol. The number of piperidine rings is 1. The van der Waals surface area contributed by atoms with Crippen molar-refractivity contribution in [3.63, 3.8) is 0 Å². The predicted octanol–water partition coefficient (Wildman–Crippen LogP) is 3.22. The van der Waals surface area contributed by atoms with Gasteiger partial charge in [-0.2, -0.15) is 0 Å². The molecule has 1 aliphatic heterocycles. The summed E-state index contributed by atoms with van der Waals surface area (Å²) in [6.45, 7) is 1.91. The van der Waals surface area contributed by atoms with Crippen LogP contribution in [0.4, 0.5) is 5.82 Å². The van der Waals surface area contributed by atoms with Gasteiger partial charge in [0, 0.05) is 22.8 Å². The molecular formula is C18H18N4O2S. The lowest BCUT2D eigenvalue weighted by molar-refractivity contribution is 0.0699. The number of carbonyl (C=O) groups is 1. The van der Waals surface area contributed by atoms with E-state index in [2.05, 4.69) is 20.6 Å². The highest BCUT2D eigenvalue weighted by molar-refractivity contribution is 7.13. The molecule has 7 heteroatoms. The van der Waals surface area contributed by atoms with Gasteiger partial charge in [-0.15, -0.1) is 11.3 Å². The molecule has 1 fully saturated rings. The van der Waals surface area contributed by atoms with Crippen LogP contribution >= 0.6 is 11.3 Å². The zero-order chi connectivity index (χ0) is 17.2.